The summed E-state index contributed by atoms with van der Waals surface area (Å²) in [5.41, 5.74) is 0.585. The minimum atomic E-state index is -0.837. The van der Waals surface area contributed by atoms with Crippen molar-refractivity contribution in [1.82, 2.24) is 24.6 Å². The number of hydrogen-bond acceptors (Lipinski definition) is 5. The van der Waals surface area contributed by atoms with Crippen molar-refractivity contribution in [3.63, 3.8) is 0 Å². The Kier molecular flexibility index (Phi) is 6.44. The summed E-state index contributed by atoms with van der Waals surface area (Å²) in [7, 11) is 0. The molecule has 0 spiro atoms. The maximum absolute atomic E-state index is 14.2. The van der Waals surface area contributed by atoms with Gasteiger partial charge in [0, 0.05) is 12.3 Å². The van der Waals surface area contributed by atoms with Crippen molar-refractivity contribution in [3.05, 3.63) is 122 Å². The lowest BCUT2D eigenvalue weighted by atomic mass is 10.1. The van der Waals surface area contributed by atoms with Crippen LogP contribution in [-0.2, 0) is 13.1 Å². The van der Waals surface area contributed by atoms with Crippen molar-refractivity contribution < 1.29 is 9.18 Å². The molecule has 0 aliphatic heterocycles. The predicted molar refractivity (Wildman–Crippen MR) is 124 cm³/mol. The summed E-state index contributed by atoms with van der Waals surface area (Å²) in [5.74, 6) is -1.31. The minimum absolute atomic E-state index is 0.0663. The van der Waals surface area contributed by atoms with Gasteiger partial charge in [0.15, 0.2) is 0 Å². The van der Waals surface area contributed by atoms with Crippen LogP contribution in [0, 0.1) is 19.7 Å². The van der Waals surface area contributed by atoms with Crippen LogP contribution in [-0.4, -0.2) is 25.2 Å². The number of pyridine rings is 1. The van der Waals surface area contributed by atoms with E-state index in [1.165, 1.54) is 12.1 Å². The third kappa shape index (κ3) is 4.68. The SMILES string of the molecule is Cc1ccc(-n2nc(C(=O)NCc3ccccn3)c(=O)n(Cc3ccccc3C)c2=O)cc1F. The summed E-state index contributed by atoms with van der Waals surface area (Å²) in [4.78, 5) is 43.5. The molecule has 8 nitrogen and oxygen atoms in total. The van der Waals surface area contributed by atoms with E-state index in [0.717, 1.165) is 26.4 Å². The number of nitrogens with one attached hydrogen (secondary N) is 1. The van der Waals surface area contributed by atoms with E-state index in [4.69, 9.17) is 0 Å². The molecule has 0 fully saturated rings. The van der Waals surface area contributed by atoms with Crippen LogP contribution in [0.4, 0.5) is 4.39 Å². The van der Waals surface area contributed by atoms with Gasteiger partial charge in [-0.1, -0.05) is 36.4 Å². The van der Waals surface area contributed by atoms with Crippen molar-refractivity contribution >= 4 is 5.91 Å². The number of rotatable bonds is 6. The van der Waals surface area contributed by atoms with Gasteiger partial charge in [0.1, 0.15) is 5.82 Å². The van der Waals surface area contributed by atoms with Gasteiger partial charge in [0.2, 0.25) is 5.69 Å². The number of aryl methyl sites for hydroxylation is 2. The molecule has 0 saturated carbocycles. The first-order chi connectivity index (χ1) is 16.3. The molecule has 172 valence electrons. The maximum Gasteiger partial charge on any atom is 0.352 e. The van der Waals surface area contributed by atoms with Crippen molar-refractivity contribution in [2.45, 2.75) is 26.9 Å². The second-order valence-electron chi connectivity index (χ2n) is 7.80. The lowest BCUT2D eigenvalue weighted by Gasteiger charge is -2.13. The summed E-state index contributed by atoms with van der Waals surface area (Å²) >= 11 is 0. The number of halogens is 1. The molecule has 0 bridgehead atoms. The maximum atomic E-state index is 14.2. The molecule has 34 heavy (non-hydrogen) atoms. The quantitative estimate of drug-likeness (QED) is 0.478. The van der Waals surface area contributed by atoms with Crippen molar-refractivity contribution in [1.29, 1.82) is 0 Å². The standard InChI is InChI=1S/C25H22FN5O3/c1-16-7-3-4-8-18(16)15-30-24(33)22(23(32)28-14-19-9-5-6-12-27-19)29-31(25(30)34)20-11-10-17(2)21(26)13-20/h3-13H,14-15H2,1-2H3,(H,28,32). The van der Waals surface area contributed by atoms with Gasteiger partial charge in [-0.05, 0) is 48.7 Å². The van der Waals surface area contributed by atoms with E-state index in [-0.39, 0.29) is 18.8 Å². The van der Waals surface area contributed by atoms with E-state index >= 15 is 0 Å². The number of carbonyl (C=O) groups excluding carboxylic acids is 1. The van der Waals surface area contributed by atoms with Crippen molar-refractivity contribution in [3.8, 4) is 5.69 Å². The Hall–Kier alpha value is -4.40. The van der Waals surface area contributed by atoms with Gasteiger partial charge in [0.25, 0.3) is 11.5 Å². The normalized spacial score (nSPS) is 10.8. The Balaban J connectivity index is 1.82. The molecular weight excluding hydrogens is 437 g/mol. The van der Waals surface area contributed by atoms with Gasteiger partial charge < -0.3 is 5.32 Å². The van der Waals surface area contributed by atoms with Gasteiger partial charge in [0.05, 0.1) is 24.5 Å². The zero-order chi connectivity index (χ0) is 24.2. The lowest BCUT2D eigenvalue weighted by molar-refractivity contribution is 0.0940. The first-order valence-electron chi connectivity index (χ1n) is 10.6. The van der Waals surface area contributed by atoms with E-state index in [0.29, 0.717) is 11.3 Å². The Morgan fingerprint density at radius 2 is 1.76 bits per heavy atom. The molecule has 2 heterocycles. The molecule has 0 aliphatic carbocycles. The molecule has 4 rings (SSSR count). The molecule has 0 atom stereocenters. The molecule has 0 radical (unpaired) electrons. The zero-order valence-corrected chi connectivity index (χ0v) is 18.7. The molecule has 1 amide bonds. The lowest BCUT2D eigenvalue weighted by Crippen LogP contribution is -2.46. The van der Waals surface area contributed by atoms with Gasteiger partial charge in [-0.25, -0.2) is 9.18 Å². The smallest absolute Gasteiger partial charge is 0.345 e. The number of nitrogens with zero attached hydrogens (tertiary/aromatic N) is 4. The van der Waals surface area contributed by atoms with E-state index in [1.807, 2.05) is 19.1 Å². The summed E-state index contributed by atoms with van der Waals surface area (Å²) in [6.07, 6.45) is 1.58. The summed E-state index contributed by atoms with van der Waals surface area (Å²) in [6.45, 7) is 3.44. The minimum Gasteiger partial charge on any atom is -0.345 e. The average molecular weight is 459 g/mol. The molecule has 2 aromatic heterocycles. The van der Waals surface area contributed by atoms with Crippen LogP contribution in [0.5, 0.6) is 0 Å². The van der Waals surface area contributed by atoms with Gasteiger partial charge in [-0.15, -0.1) is 0 Å². The largest absolute Gasteiger partial charge is 0.352 e. The van der Waals surface area contributed by atoms with Crippen LogP contribution in [0.25, 0.3) is 5.69 Å². The topological polar surface area (TPSA) is 98.9 Å². The number of hydrogen-bond donors (Lipinski definition) is 1. The predicted octanol–water partition coefficient (Wildman–Crippen LogP) is 2.52. The summed E-state index contributed by atoms with van der Waals surface area (Å²) < 4.78 is 16.1. The number of benzene rings is 2. The van der Waals surface area contributed by atoms with Gasteiger partial charge in [-0.2, -0.15) is 9.78 Å². The van der Waals surface area contributed by atoms with E-state index in [1.54, 1.807) is 43.5 Å². The Morgan fingerprint density at radius 1 is 1.00 bits per heavy atom. The molecule has 4 aromatic rings. The van der Waals surface area contributed by atoms with Crippen LogP contribution in [0.1, 0.15) is 32.9 Å². The van der Waals surface area contributed by atoms with Gasteiger partial charge in [-0.3, -0.25) is 19.1 Å². The zero-order valence-electron chi connectivity index (χ0n) is 18.7. The monoisotopic (exact) mass is 459 g/mol. The number of amides is 1. The summed E-state index contributed by atoms with van der Waals surface area (Å²) in [5, 5.41) is 6.63. The second kappa shape index (κ2) is 9.62. The highest BCUT2D eigenvalue weighted by Crippen LogP contribution is 2.12. The van der Waals surface area contributed by atoms with Gasteiger partial charge >= 0.3 is 5.69 Å². The van der Waals surface area contributed by atoms with Crippen LogP contribution >= 0.6 is 0 Å². The Bertz CT molecular complexity index is 1480. The molecule has 9 heteroatoms. The molecule has 1 N–H and O–H groups in total. The van der Waals surface area contributed by atoms with E-state index in [9.17, 15) is 18.8 Å². The van der Waals surface area contributed by atoms with Crippen molar-refractivity contribution in [2.75, 3.05) is 0 Å². The third-order valence-electron chi connectivity index (χ3n) is 5.42. The van der Waals surface area contributed by atoms with Crippen LogP contribution in [0.2, 0.25) is 0 Å². The van der Waals surface area contributed by atoms with Crippen LogP contribution < -0.4 is 16.6 Å². The first-order valence-corrected chi connectivity index (χ1v) is 10.6. The number of aromatic nitrogens is 4. The fourth-order valence-electron chi connectivity index (χ4n) is 3.39. The molecule has 0 unspecified atom stereocenters. The first kappa shape index (κ1) is 22.8. The highest BCUT2D eigenvalue weighted by Gasteiger charge is 2.21. The van der Waals surface area contributed by atoms with Crippen molar-refractivity contribution in [2.24, 2.45) is 0 Å². The fraction of sp³-hybridized carbons (Fsp3) is 0.160. The van der Waals surface area contributed by atoms with E-state index in [2.05, 4.69) is 15.4 Å². The molecular formula is C25H22FN5O3. The van der Waals surface area contributed by atoms with Crippen LogP contribution in [0.3, 0.4) is 0 Å². The third-order valence-corrected chi connectivity index (χ3v) is 5.42. The molecule has 0 saturated heterocycles. The summed E-state index contributed by atoms with van der Waals surface area (Å²) in [6, 6.07) is 16.7. The number of carbonyl (C=O) groups is 1. The van der Waals surface area contributed by atoms with Crippen LogP contribution in [0.15, 0.2) is 76.4 Å². The highest BCUT2D eigenvalue weighted by molar-refractivity contribution is 5.91. The Labute approximate surface area is 194 Å². The second-order valence-corrected chi connectivity index (χ2v) is 7.80. The highest BCUT2D eigenvalue weighted by atomic mass is 19.1. The van der Waals surface area contributed by atoms with E-state index < -0.39 is 28.7 Å². The Morgan fingerprint density at radius 3 is 2.47 bits per heavy atom. The molecule has 2 aromatic carbocycles. The average Bonchev–Trinajstić information content (AvgIpc) is 2.84. The fourth-order valence-corrected chi connectivity index (χ4v) is 3.39. The molecule has 0 aliphatic rings.